The predicted octanol–water partition coefficient (Wildman–Crippen LogP) is 2.27. The molecule has 0 amide bonds. The van der Waals surface area contributed by atoms with Crippen molar-refractivity contribution in [3.05, 3.63) is 35.8 Å². The molecule has 0 spiro atoms. The summed E-state index contributed by atoms with van der Waals surface area (Å²) in [5, 5.41) is 0.713. The normalized spacial score (nSPS) is 24.4. The van der Waals surface area contributed by atoms with Crippen molar-refractivity contribution in [2.45, 2.75) is 12.5 Å². The fourth-order valence-corrected chi connectivity index (χ4v) is 3.23. The van der Waals surface area contributed by atoms with Gasteiger partial charge in [0.25, 0.3) is 0 Å². The molecule has 2 heterocycles. The lowest BCUT2D eigenvalue weighted by molar-refractivity contribution is 0.307. The minimum absolute atomic E-state index is 0.0763. The van der Waals surface area contributed by atoms with E-state index in [4.69, 9.17) is 5.73 Å². The molecule has 2 unspecified atom stereocenters. The molecule has 1 aliphatic heterocycles. The van der Waals surface area contributed by atoms with Crippen LogP contribution in [-0.2, 0) is 7.05 Å². The summed E-state index contributed by atoms with van der Waals surface area (Å²) >= 11 is 0. The first kappa shape index (κ1) is 12.6. The first-order valence-electron chi connectivity index (χ1n) is 6.75. The Morgan fingerprint density at radius 1 is 1.32 bits per heavy atom. The van der Waals surface area contributed by atoms with E-state index in [1.54, 1.807) is 0 Å². The molecule has 1 saturated heterocycles. The van der Waals surface area contributed by atoms with Crippen LogP contribution in [0.25, 0.3) is 10.9 Å². The van der Waals surface area contributed by atoms with Gasteiger partial charge < -0.3 is 10.3 Å². The Bertz CT molecular complexity index is 605. The van der Waals surface area contributed by atoms with E-state index >= 15 is 0 Å². The smallest absolute Gasteiger partial charge is 0.137 e. The Morgan fingerprint density at radius 2 is 2.11 bits per heavy atom. The number of fused-ring (bicyclic) bond motifs is 1. The zero-order valence-corrected chi connectivity index (χ0v) is 11.4. The highest BCUT2D eigenvalue weighted by atomic mass is 19.1. The molecule has 1 aromatic heterocycles. The first-order valence-corrected chi connectivity index (χ1v) is 6.75. The van der Waals surface area contributed by atoms with Gasteiger partial charge in [-0.3, -0.25) is 4.90 Å². The van der Waals surface area contributed by atoms with Crippen molar-refractivity contribution in [2.75, 3.05) is 20.1 Å². The van der Waals surface area contributed by atoms with Gasteiger partial charge in [0.2, 0.25) is 0 Å². The van der Waals surface area contributed by atoms with E-state index in [-0.39, 0.29) is 11.9 Å². The maximum absolute atomic E-state index is 14.7. The van der Waals surface area contributed by atoms with E-state index in [1.807, 2.05) is 36.0 Å². The molecule has 3 rings (SSSR count). The number of likely N-dealkylation sites (tertiary alicyclic amines) is 1. The summed E-state index contributed by atoms with van der Waals surface area (Å²) in [6, 6.07) is 5.94. The second-order valence-corrected chi connectivity index (χ2v) is 5.62. The highest BCUT2D eigenvalue weighted by Crippen LogP contribution is 2.36. The molecule has 2 aromatic rings. The Kier molecular flexibility index (Phi) is 3.07. The van der Waals surface area contributed by atoms with Crippen LogP contribution >= 0.6 is 0 Å². The molecule has 102 valence electrons. The minimum Gasteiger partial charge on any atom is -0.350 e. The second-order valence-electron chi connectivity index (χ2n) is 5.62. The van der Waals surface area contributed by atoms with Crippen LogP contribution < -0.4 is 5.73 Å². The van der Waals surface area contributed by atoms with Crippen LogP contribution in [0.1, 0.15) is 18.0 Å². The molecule has 1 aromatic carbocycles. The number of nitrogens with zero attached hydrogens (tertiary/aromatic N) is 2. The molecule has 1 aliphatic rings. The molecule has 0 bridgehead atoms. The van der Waals surface area contributed by atoms with Gasteiger partial charge in [0.05, 0.1) is 5.52 Å². The van der Waals surface area contributed by atoms with E-state index in [1.165, 1.54) is 0 Å². The van der Waals surface area contributed by atoms with E-state index in [0.717, 1.165) is 24.0 Å². The van der Waals surface area contributed by atoms with Gasteiger partial charge in [-0.2, -0.15) is 0 Å². The standard InChI is InChI=1S/C15H20FN3/c1-18-6-5-12-13(18)4-3-11(15(12)16)14-7-10(8-17)9-19(14)2/h3-6,10,14H,7-9,17H2,1-2H3. The largest absolute Gasteiger partial charge is 0.350 e. The zero-order valence-electron chi connectivity index (χ0n) is 11.4. The van der Waals surface area contributed by atoms with E-state index in [9.17, 15) is 4.39 Å². The predicted molar refractivity (Wildman–Crippen MR) is 75.4 cm³/mol. The Balaban J connectivity index is 2.04. The van der Waals surface area contributed by atoms with Crippen molar-refractivity contribution >= 4 is 10.9 Å². The van der Waals surface area contributed by atoms with Crippen molar-refractivity contribution in [3.8, 4) is 0 Å². The van der Waals surface area contributed by atoms with E-state index in [0.29, 0.717) is 17.8 Å². The molecule has 0 saturated carbocycles. The molecule has 2 N–H and O–H groups in total. The minimum atomic E-state index is -0.0763. The average molecular weight is 261 g/mol. The van der Waals surface area contributed by atoms with Crippen LogP contribution in [0, 0.1) is 11.7 Å². The van der Waals surface area contributed by atoms with Gasteiger partial charge in [0.1, 0.15) is 5.82 Å². The van der Waals surface area contributed by atoms with Gasteiger partial charge in [0.15, 0.2) is 0 Å². The Morgan fingerprint density at radius 3 is 2.79 bits per heavy atom. The van der Waals surface area contributed by atoms with Crippen molar-refractivity contribution in [2.24, 2.45) is 18.7 Å². The summed E-state index contributed by atoms with van der Waals surface area (Å²) in [5.74, 6) is 0.397. The summed E-state index contributed by atoms with van der Waals surface area (Å²) in [4.78, 5) is 2.21. The van der Waals surface area contributed by atoms with Crippen molar-refractivity contribution in [1.29, 1.82) is 0 Å². The van der Waals surface area contributed by atoms with E-state index in [2.05, 4.69) is 11.9 Å². The molecule has 0 aliphatic carbocycles. The van der Waals surface area contributed by atoms with Crippen molar-refractivity contribution in [1.82, 2.24) is 9.47 Å². The maximum Gasteiger partial charge on any atom is 0.137 e. The quantitative estimate of drug-likeness (QED) is 0.900. The lowest BCUT2D eigenvalue weighted by Crippen LogP contribution is -2.21. The van der Waals surface area contributed by atoms with Crippen LogP contribution in [-0.4, -0.2) is 29.6 Å². The van der Waals surface area contributed by atoms with Crippen LogP contribution in [0.3, 0.4) is 0 Å². The number of aromatic nitrogens is 1. The fourth-order valence-electron chi connectivity index (χ4n) is 3.23. The second kappa shape index (κ2) is 4.62. The van der Waals surface area contributed by atoms with Crippen molar-refractivity contribution < 1.29 is 4.39 Å². The molecular weight excluding hydrogens is 241 g/mol. The Hall–Kier alpha value is -1.39. The van der Waals surface area contributed by atoms with Gasteiger partial charge in [-0.25, -0.2) is 4.39 Å². The molecule has 0 radical (unpaired) electrons. The first-order chi connectivity index (χ1) is 9.11. The summed E-state index contributed by atoms with van der Waals surface area (Å²) in [6.07, 6.45) is 2.85. The van der Waals surface area contributed by atoms with Gasteiger partial charge in [-0.1, -0.05) is 6.07 Å². The number of halogens is 1. The van der Waals surface area contributed by atoms with Gasteiger partial charge in [-0.05, 0) is 38.1 Å². The summed E-state index contributed by atoms with van der Waals surface area (Å²) in [5.41, 5.74) is 7.49. The molecule has 3 nitrogen and oxygen atoms in total. The van der Waals surface area contributed by atoms with Crippen molar-refractivity contribution in [3.63, 3.8) is 0 Å². The zero-order chi connectivity index (χ0) is 13.6. The number of hydrogen-bond donors (Lipinski definition) is 1. The topological polar surface area (TPSA) is 34.2 Å². The Labute approximate surface area is 112 Å². The van der Waals surface area contributed by atoms with Gasteiger partial charge >= 0.3 is 0 Å². The third-order valence-electron chi connectivity index (χ3n) is 4.36. The van der Waals surface area contributed by atoms with Crippen LogP contribution in [0.2, 0.25) is 0 Å². The summed E-state index contributed by atoms with van der Waals surface area (Å²) in [7, 11) is 3.99. The molecule has 2 atom stereocenters. The monoisotopic (exact) mass is 261 g/mol. The lowest BCUT2D eigenvalue weighted by atomic mass is 9.98. The van der Waals surface area contributed by atoms with Crippen LogP contribution in [0.15, 0.2) is 24.4 Å². The number of rotatable bonds is 2. The third-order valence-corrected chi connectivity index (χ3v) is 4.36. The van der Waals surface area contributed by atoms with Crippen LogP contribution in [0.5, 0.6) is 0 Å². The fraction of sp³-hybridized carbons (Fsp3) is 0.467. The number of nitrogens with two attached hydrogens (primary N) is 1. The lowest BCUT2D eigenvalue weighted by Gasteiger charge is -2.20. The van der Waals surface area contributed by atoms with E-state index < -0.39 is 0 Å². The molecular formula is C15H20FN3. The molecule has 1 fully saturated rings. The highest BCUT2D eigenvalue weighted by Gasteiger charge is 2.31. The summed E-state index contributed by atoms with van der Waals surface area (Å²) in [6.45, 7) is 1.63. The van der Waals surface area contributed by atoms with Crippen LogP contribution in [0.4, 0.5) is 4.39 Å². The number of benzene rings is 1. The number of aryl methyl sites for hydroxylation is 1. The summed E-state index contributed by atoms with van der Waals surface area (Å²) < 4.78 is 16.6. The van der Waals surface area contributed by atoms with Gasteiger partial charge in [-0.15, -0.1) is 0 Å². The molecule has 19 heavy (non-hydrogen) atoms. The molecule has 4 heteroatoms. The number of hydrogen-bond acceptors (Lipinski definition) is 2. The average Bonchev–Trinajstić information content (AvgIpc) is 2.95. The third kappa shape index (κ3) is 1.95. The van der Waals surface area contributed by atoms with Gasteiger partial charge in [0, 0.05) is 36.8 Å². The highest BCUT2D eigenvalue weighted by molar-refractivity contribution is 5.81. The maximum atomic E-state index is 14.7. The SMILES string of the molecule is CN1CC(CN)CC1c1ccc2c(ccn2C)c1F.